The summed E-state index contributed by atoms with van der Waals surface area (Å²) in [5.74, 6) is -0.0793. The maximum absolute atomic E-state index is 13.6. The highest BCUT2D eigenvalue weighted by atomic mass is 19.1. The summed E-state index contributed by atoms with van der Waals surface area (Å²) in [6.45, 7) is 0.606. The average molecular weight is 330 g/mol. The number of carbonyl (C=O) groups is 2. The molecule has 2 heterocycles. The largest absolute Gasteiger partial charge is 0.341 e. The number of aromatic nitrogens is 2. The van der Waals surface area contributed by atoms with Crippen molar-refractivity contribution in [2.45, 2.75) is 18.9 Å². The summed E-state index contributed by atoms with van der Waals surface area (Å²) in [6.07, 6.45) is 4.65. The van der Waals surface area contributed by atoms with Crippen LogP contribution in [0.25, 0.3) is 0 Å². The van der Waals surface area contributed by atoms with Gasteiger partial charge in [-0.1, -0.05) is 12.1 Å². The highest BCUT2D eigenvalue weighted by molar-refractivity contribution is 5.86. The van der Waals surface area contributed by atoms with Crippen molar-refractivity contribution >= 4 is 11.8 Å². The molecule has 0 bridgehead atoms. The number of likely N-dealkylation sites (tertiary alicyclic amines) is 1. The van der Waals surface area contributed by atoms with Gasteiger partial charge in [-0.2, -0.15) is 0 Å². The molecule has 24 heavy (non-hydrogen) atoms. The summed E-state index contributed by atoms with van der Waals surface area (Å²) in [4.78, 5) is 29.9. The van der Waals surface area contributed by atoms with Crippen molar-refractivity contribution in [2.75, 3.05) is 13.1 Å². The predicted octanol–water partition coefficient (Wildman–Crippen LogP) is 1.39. The van der Waals surface area contributed by atoms with E-state index >= 15 is 0 Å². The molecule has 1 aliphatic rings. The van der Waals surface area contributed by atoms with E-state index in [4.69, 9.17) is 0 Å². The number of nitrogens with zero attached hydrogens (tertiary/aromatic N) is 3. The Morgan fingerprint density at radius 3 is 2.92 bits per heavy atom. The number of hydrogen-bond donors (Lipinski definition) is 1. The van der Waals surface area contributed by atoms with Crippen LogP contribution in [0.1, 0.15) is 30.3 Å². The maximum atomic E-state index is 13.6. The molecule has 2 aromatic rings. The molecule has 0 spiro atoms. The standard InChI is InChI=1S/C17H19FN4O2/c1-21-9-7-19-17(21)16(12-4-2-5-13(18)10-12)20-14(23)11-22-8-3-6-15(22)24/h2,4-5,7,9-10,16H,3,6,8,11H2,1H3,(H,20,23)/t16-/m1/s1. The molecule has 0 saturated carbocycles. The molecule has 6 nitrogen and oxygen atoms in total. The molecule has 1 saturated heterocycles. The molecule has 1 aliphatic heterocycles. The van der Waals surface area contributed by atoms with Gasteiger partial charge in [0.2, 0.25) is 11.8 Å². The molecule has 126 valence electrons. The van der Waals surface area contributed by atoms with Crippen molar-refractivity contribution < 1.29 is 14.0 Å². The molecule has 1 aromatic carbocycles. The number of rotatable bonds is 5. The summed E-state index contributed by atoms with van der Waals surface area (Å²) in [6, 6.07) is 5.48. The quantitative estimate of drug-likeness (QED) is 0.901. The predicted molar refractivity (Wildman–Crippen MR) is 85.4 cm³/mol. The van der Waals surface area contributed by atoms with Crippen LogP contribution in [0.4, 0.5) is 4.39 Å². The molecule has 1 aromatic heterocycles. The smallest absolute Gasteiger partial charge is 0.240 e. The third-order valence-corrected chi connectivity index (χ3v) is 4.11. The Kier molecular flexibility index (Phi) is 4.59. The number of imidazole rings is 1. The maximum Gasteiger partial charge on any atom is 0.240 e. The molecule has 1 atom stereocenters. The van der Waals surface area contributed by atoms with Crippen molar-refractivity contribution in [3.8, 4) is 0 Å². The van der Waals surface area contributed by atoms with Crippen LogP contribution in [-0.4, -0.2) is 39.4 Å². The van der Waals surface area contributed by atoms with Crippen LogP contribution < -0.4 is 5.32 Å². The van der Waals surface area contributed by atoms with E-state index in [9.17, 15) is 14.0 Å². The van der Waals surface area contributed by atoms with E-state index in [1.807, 2.05) is 7.05 Å². The van der Waals surface area contributed by atoms with Crippen molar-refractivity contribution in [2.24, 2.45) is 7.05 Å². The van der Waals surface area contributed by atoms with Gasteiger partial charge in [0, 0.05) is 32.4 Å². The van der Waals surface area contributed by atoms with Gasteiger partial charge < -0.3 is 14.8 Å². The van der Waals surface area contributed by atoms with E-state index in [2.05, 4.69) is 10.3 Å². The van der Waals surface area contributed by atoms with Gasteiger partial charge in [-0.15, -0.1) is 0 Å². The zero-order valence-corrected chi connectivity index (χ0v) is 13.4. The van der Waals surface area contributed by atoms with Gasteiger partial charge in [-0.3, -0.25) is 9.59 Å². The summed E-state index contributed by atoms with van der Waals surface area (Å²) < 4.78 is 15.4. The van der Waals surface area contributed by atoms with Gasteiger partial charge in [0.05, 0.1) is 6.54 Å². The first-order valence-electron chi connectivity index (χ1n) is 7.84. The first kappa shape index (κ1) is 16.2. The van der Waals surface area contributed by atoms with Gasteiger partial charge in [0.25, 0.3) is 0 Å². The van der Waals surface area contributed by atoms with Crippen molar-refractivity contribution in [3.05, 3.63) is 53.9 Å². The third kappa shape index (κ3) is 3.45. The monoisotopic (exact) mass is 330 g/mol. The summed E-state index contributed by atoms with van der Waals surface area (Å²) in [5.41, 5.74) is 0.602. The zero-order chi connectivity index (χ0) is 17.1. The van der Waals surface area contributed by atoms with Crippen LogP contribution in [-0.2, 0) is 16.6 Å². The second-order valence-electron chi connectivity index (χ2n) is 5.87. The SMILES string of the molecule is Cn1ccnc1[C@H](NC(=O)CN1CCCC1=O)c1cccc(F)c1. The molecule has 2 amide bonds. The highest BCUT2D eigenvalue weighted by Gasteiger charge is 2.25. The fourth-order valence-electron chi connectivity index (χ4n) is 2.89. The molecule has 1 N–H and O–H groups in total. The summed E-state index contributed by atoms with van der Waals surface area (Å²) >= 11 is 0. The van der Waals surface area contributed by atoms with Crippen LogP contribution >= 0.6 is 0 Å². The van der Waals surface area contributed by atoms with Gasteiger partial charge in [0.1, 0.15) is 17.7 Å². The molecule has 3 rings (SSSR count). The topological polar surface area (TPSA) is 67.2 Å². The second kappa shape index (κ2) is 6.82. The number of nitrogens with one attached hydrogen (secondary N) is 1. The van der Waals surface area contributed by atoms with E-state index in [-0.39, 0.29) is 24.2 Å². The number of halogens is 1. The minimum absolute atomic E-state index is 0.00900. The first-order chi connectivity index (χ1) is 11.5. The number of aryl methyl sites for hydroxylation is 1. The Bertz CT molecular complexity index is 759. The lowest BCUT2D eigenvalue weighted by Gasteiger charge is -2.21. The van der Waals surface area contributed by atoms with Crippen molar-refractivity contribution in [1.82, 2.24) is 19.8 Å². The minimum atomic E-state index is -0.578. The van der Waals surface area contributed by atoms with Crippen LogP contribution in [0.15, 0.2) is 36.7 Å². The molecule has 0 aliphatic carbocycles. The van der Waals surface area contributed by atoms with Crippen LogP contribution in [0, 0.1) is 5.82 Å². The Morgan fingerprint density at radius 1 is 1.46 bits per heavy atom. The fourth-order valence-corrected chi connectivity index (χ4v) is 2.89. The third-order valence-electron chi connectivity index (χ3n) is 4.11. The summed E-state index contributed by atoms with van der Waals surface area (Å²) in [5, 5.41) is 2.87. The van der Waals surface area contributed by atoms with Gasteiger partial charge in [0.15, 0.2) is 0 Å². The van der Waals surface area contributed by atoms with Gasteiger partial charge >= 0.3 is 0 Å². The Morgan fingerprint density at radius 2 is 2.29 bits per heavy atom. The lowest BCUT2D eigenvalue weighted by Crippen LogP contribution is -2.40. The van der Waals surface area contributed by atoms with Crippen LogP contribution in [0.5, 0.6) is 0 Å². The van der Waals surface area contributed by atoms with Crippen LogP contribution in [0.2, 0.25) is 0 Å². The van der Waals surface area contributed by atoms with Crippen LogP contribution in [0.3, 0.4) is 0 Å². The molecule has 7 heteroatoms. The lowest BCUT2D eigenvalue weighted by atomic mass is 10.1. The molecule has 0 radical (unpaired) electrons. The molecule has 0 unspecified atom stereocenters. The Hall–Kier alpha value is -2.70. The minimum Gasteiger partial charge on any atom is -0.341 e. The lowest BCUT2D eigenvalue weighted by molar-refractivity contribution is -0.133. The second-order valence-corrected chi connectivity index (χ2v) is 5.87. The molecular formula is C17H19FN4O2. The zero-order valence-electron chi connectivity index (χ0n) is 13.4. The van der Waals surface area contributed by atoms with Crippen molar-refractivity contribution in [1.29, 1.82) is 0 Å². The Balaban J connectivity index is 1.81. The number of amides is 2. The van der Waals surface area contributed by atoms with Crippen molar-refractivity contribution in [3.63, 3.8) is 0 Å². The number of benzene rings is 1. The number of hydrogen-bond acceptors (Lipinski definition) is 3. The Labute approximate surface area is 139 Å². The average Bonchev–Trinajstić information content (AvgIpc) is 3.14. The van der Waals surface area contributed by atoms with E-state index < -0.39 is 6.04 Å². The van der Waals surface area contributed by atoms with E-state index in [0.29, 0.717) is 24.4 Å². The highest BCUT2D eigenvalue weighted by Crippen LogP contribution is 2.21. The fraction of sp³-hybridized carbons (Fsp3) is 0.353. The first-order valence-corrected chi connectivity index (χ1v) is 7.84. The van der Waals surface area contributed by atoms with E-state index in [1.54, 1.807) is 29.1 Å². The van der Waals surface area contributed by atoms with E-state index in [0.717, 1.165) is 6.42 Å². The normalized spacial score (nSPS) is 15.6. The number of carbonyl (C=O) groups excluding carboxylic acids is 2. The molecule has 1 fully saturated rings. The van der Waals surface area contributed by atoms with Gasteiger partial charge in [-0.25, -0.2) is 9.37 Å². The van der Waals surface area contributed by atoms with E-state index in [1.165, 1.54) is 17.0 Å². The van der Waals surface area contributed by atoms with Gasteiger partial charge in [-0.05, 0) is 24.1 Å². The molecular weight excluding hydrogens is 311 g/mol. The summed E-state index contributed by atoms with van der Waals surface area (Å²) in [7, 11) is 1.81.